The minimum atomic E-state index is -1.22. The van der Waals surface area contributed by atoms with E-state index in [1.165, 1.54) is 18.9 Å². The minimum absolute atomic E-state index is 0.161. The lowest BCUT2D eigenvalue weighted by Crippen LogP contribution is -2.51. The van der Waals surface area contributed by atoms with Gasteiger partial charge in [0.15, 0.2) is 0 Å². The first-order chi connectivity index (χ1) is 18.7. The lowest BCUT2D eigenvalue weighted by atomic mass is 10.0. The molecule has 0 saturated heterocycles. The predicted molar refractivity (Wildman–Crippen MR) is 146 cm³/mol. The van der Waals surface area contributed by atoms with Gasteiger partial charge >= 0.3 is 11.6 Å². The molecule has 0 spiro atoms. The Bertz CT molecular complexity index is 1410. The van der Waals surface area contributed by atoms with Crippen LogP contribution in [0.2, 0.25) is 0 Å². The van der Waals surface area contributed by atoms with Crippen molar-refractivity contribution in [3.05, 3.63) is 75.6 Å². The highest BCUT2D eigenvalue weighted by atomic mass is 32.2. The number of benzene rings is 2. The van der Waals surface area contributed by atoms with Crippen LogP contribution in [0.25, 0.3) is 11.0 Å². The van der Waals surface area contributed by atoms with Crippen molar-refractivity contribution < 1.29 is 33.4 Å². The van der Waals surface area contributed by atoms with Crippen molar-refractivity contribution >= 4 is 46.4 Å². The van der Waals surface area contributed by atoms with Crippen molar-refractivity contribution in [1.29, 1.82) is 0 Å². The third-order valence-corrected chi connectivity index (χ3v) is 6.85. The topological polar surface area (TPSA) is 164 Å². The van der Waals surface area contributed by atoms with E-state index in [0.29, 0.717) is 28.0 Å². The fourth-order valence-electron chi connectivity index (χ4n) is 3.69. The summed E-state index contributed by atoms with van der Waals surface area (Å²) in [5.41, 5.74) is 1.43. The second-order valence-electron chi connectivity index (χ2n) is 8.54. The smallest absolute Gasteiger partial charge is 0.340 e. The van der Waals surface area contributed by atoms with E-state index in [4.69, 9.17) is 14.3 Å². The number of nitrogens with one attached hydrogen (secondary N) is 3. The molecule has 12 heteroatoms. The number of carboxylic acids is 1. The second-order valence-corrected chi connectivity index (χ2v) is 9.57. The summed E-state index contributed by atoms with van der Waals surface area (Å²) in [6.07, 6.45) is -0.317. The Morgan fingerprint density at radius 3 is 2.46 bits per heavy atom. The molecule has 1 heterocycles. The Balaban J connectivity index is 1.70. The second kappa shape index (κ2) is 14.0. The Labute approximate surface area is 228 Å². The molecule has 0 aliphatic carbocycles. The highest BCUT2D eigenvalue weighted by Gasteiger charge is 2.23. The van der Waals surface area contributed by atoms with E-state index in [-0.39, 0.29) is 17.7 Å². The van der Waals surface area contributed by atoms with Gasteiger partial charge in [-0.05, 0) is 30.2 Å². The first-order valence-corrected chi connectivity index (χ1v) is 13.1. The SMILES string of the molecule is COc1ccc2c(C)c(CC(=O)N[C@@H](CSCc3ccccc3)C(=O)NCC(=O)NCC(=O)O)c(=O)oc2c1. The zero-order valence-electron chi connectivity index (χ0n) is 21.4. The van der Waals surface area contributed by atoms with E-state index in [1.807, 2.05) is 30.3 Å². The first-order valence-electron chi connectivity index (χ1n) is 12.0. The van der Waals surface area contributed by atoms with Crippen LogP contribution in [-0.4, -0.2) is 60.8 Å². The molecule has 2 aromatic carbocycles. The standard InChI is InChI=1S/C27H29N3O8S/c1-16-19-9-8-18(37-2)10-22(19)38-27(36)20(16)11-23(31)30-21(15-39-14-17-6-4-3-5-7-17)26(35)29-12-24(32)28-13-25(33)34/h3-10,21H,11-15H2,1-2H3,(H,28,32)(H,29,35)(H,30,31)(H,33,34)/t21-/m0/s1. The molecule has 3 amide bonds. The zero-order valence-corrected chi connectivity index (χ0v) is 22.3. The lowest BCUT2D eigenvalue weighted by molar-refractivity contribution is -0.138. The van der Waals surface area contributed by atoms with Gasteiger partial charge in [0.2, 0.25) is 17.7 Å². The molecule has 0 radical (unpaired) electrons. The van der Waals surface area contributed by atoms with Crippen molar-refractivity contribution in [3.8, 4) is 5.75 Å². The van der Waals surface area contributed by atoms with Crippen LogP contribution in [-0.2, 0) is 31.4 Å². The van der Waals surface area contributed by atoms with Gasteiger partial charge in [0.1, 0.15) is 23.9 Å². The molecule has 0 bridgehead atoms. The van der Waals surface area contributed by atoms with E-state index in [2.05, 4.69) is 16.0 Å². The highest BCUT2D eigenvalue weighted by Crippen LogP contribution is 2.24. The first kappa shape index (κ1) is 29.2. The summed E-state index contributed by atoms with van der Waals surface area (Å²) in [5.74, 6) is -1.81. The van der Waals surface area contributed by atoms with Gasteiger partial charge in [-0.3, -0.25) is 19.2 Å². The number of rotatable bonds is 13. The van der Waals surface area contributed by atoms with Gasteiger partial charge in [-0.15, -0.1) is 0 Å². The molecule has 0 aliphatic heterocycles. The molecule has 0 unspecified atom stereocenters. The van der Waals surface area contributed by atoms with Crippen LogP contribution in [0.5, 0.6) is 5.75 Å². The fourth-order valence-corrected chi connectivity index (χ4v) is 4.71. The normalized spacial score (nSPS) is 11.4. The van der Waals surface area contributed by atoms with E-state index in [0.717, 1.165) is 5.56 Å². The summed E-state index contributed by atoms with van der Waals surface area (Å²) in [4.78, 5) is 60.9. The van der Waals surface area contributed by atoms with Crippen LogP contribution in [0.1, 0.15) is 16.7 Å². The van der Waals surface area contributed by atoms with Crippen LogP contribution >= 0.6 is 11.8 Å². The molecule has 0 fully saturated rings. The number of hydrogen-bond donors (Lipinski definition) is 4. The number of amides is 3. The Kier molecular flexibility index (Phi) is 10.5. The molecule has 39 heavy (non-hydrogen) atoms. The van der Waals surface area contributed by atoms with E-state index in [9.17, 15) is 24.0 Å². The van der Waals surface area contributed by atoms with Gasteiger partial charge in [0.05, 0.1) is 25.6 Å². The van der Waals surface area contributed by atoms with Gasteiger partial charge in [0.25, 0.3) is 0 Å². The minimum Gasteiger partial charge on any atom is -0.497 e. The van der Waals surface area contributed by atoms with Gasteiger partial charge < -0.3 is 30.2 Å². The largest absolute Gasteiger partial charge is 0.497 e. The zero-order chi connectivity index (χ0) is 28.4. The van der Waals surface area contributed by atoms with Crippen molar-refractivity contribution in [3.63, 3.8) is 0 Å². The van der Waals surface area contributed by atoms with Crippen molar-refractivity contribution in [2.75, 3.05) is 26.0 Å². The number of aryl methyl sites for hydroxylation is 1. The highest BCUT2D eigenvalue weighted by molar-refractivity contribution is 7.98. The third kappa shape index (κ3) is 8.60. The quantitative estimate of drug-likeness (QED) is 0.228. The maximum Gasteiger partial charge on any atom is 0.340 e. The van der Waals surface area contributed by atoms with Gasteiger partial charge in [-0.25, -0.2) is 4.79 Å². The summed E-state index contributed by atoms with van der Waals surface area (Å²) >= 11 is 1.41. The number of carboxylic acid groups (broad SMARTS) is 1. The van der Waals surface area contributed by atoms with Gasteiger partial charge in [-0.1, -0.05) is 30.3 Å². The molecule has 11 nitrogen and oxygen atoms in total. The summed E-state index contributed by atoms with van der Waals surface area (Å²) in [6, 6.07) is 13.6. The molecule has 0 aliphatic rings. The third-order valence-electron chi connectivity index (χ3n) is 5.74. The Hall–Kier alpha value is -4.32. The lowest BCUT2D eigenvalue weighted by Gasteiger charge is -2.18. The van der Waals surface area contributed by atoms with Crippen molar-refractivity contribution in [1.82, 2.24) is 16.0 Å². The van der Waals surface area contributed by atoms with Crippen LogP contribution in [0, 0.1) is 6.92 Å². The van der Waals surface area contributed by atoms with Crippen LogP contribution in [0.3, 0.4) is 0 Å². The molecule has 3 aromatic rings. The number of carbonyl (C=O) groups excluding carboxylic acids is 3. The summed E-state index contributed by atoms with van der Waals surface area (Å²) in [6.45, 7) is 0.672. The van der Waals surface area contributed by atoms with E-state index < -0.39 is 48.4 Å². The monoisotopic (exact) mass is 555 g/mol. The van der Waals surface area contributed by atoms with Gasteiger partial charge in [-0.2, -0.15) is 11.8 Å². The molecule has 1 atom stereocenters. The number of methoxy groups -OCH3 is 1. The van der Waals surface area contributed by atoms with Gasteiger partial charge in [0, 0.05) is 23.0 Å². The molecule has 1 aromatic heterocycles. The molecule has 3 rings (SSSR count). The summed E-state index contributed by atoms with van der Waals surface area (Å²) in [7, 11) is 1.50. The molecule has 4 N–H and O–H groups in total. The van der Waals surface area contributed by atoms with E-state index >= 15 is 0 Å². The van der Waals surface area contributed by atoms with Crippen LogP contribution < -0.4 is 26.3 Å². The van der Waals surface area contributed by atoms with Crippen LogP contribution in [0.15, 0.2) is 57.7 Å². The maximum atomic E-state index is 13.0. The summed E-state index contributed by atoms with van der Waals surface area (Å²) < 4.78 is 10.6. The fraction of sp³-hybridized carbons (Fsp3) is 0.296. The Morgan fingerprint density at radius 2 is 1.77 bits per heavy atom. The number of fused-ring (bicyclic) bond motifs is 1. The number of thioether (sulfide) groups is 1. The number of carbonyl (C=O) groups is 4. The van der Waals surface area contributed by atoms with Crippen molar-refractivity contribution in [2.24, 2.45) is 0 Å². The average Bonchev–Trinajstić information content (AvgIpc) is 2.92. The molecule has 206 valence electrons. The Morgan fingerprint density at radius 1 is 1.03 bits per heavy atom. The molecule has 0 saturated carbocycles. The van der Waals surface area contributed by atoms with E-state index in [1.54, 1.807) is 25.1 Å². The summed E-state index contributed by atoms with van der Waals surface area (Å²) in [5, 5.41) is 16.5. The molecular formula is C27H29N3O8S. The number of aliphatic carboxylic acids is 1. The average molecular weight is 556 g/mol. The predicted octanol–water partition coefficient (Wildman–Crippen LogP) is 1.39. The van der Waals surface area contributed by atoms with Crippen molar-refractivity contribution in [2.45, 2.75) is 25.1 Å². The number of hydrogen-bond acceptors (Lipinski definition) is 8. The molecular weight excluding hydrogens is 526 g/mol. The number of ether oxygens (including phenoxy) is 1. The maximum absolute atomic E-state index is 13.0. The van der Waals surface area contributed by atoms with Crippen LogP contribution in [0.4, 0.5) is 0 Å².